The van der Waals surface area contributed by atoms with Crippen LogP contribution in [0.15, 0.2) is 22.7 Å². The standard InChI is InChI=1S/C18H27BrFN/c1-12(2)14-4-5-15(11-21-3)16(9-14)6-13-7-17(19)10-18(20)8-13/h7-8,10,12,14-16,21H,4-6,9,11H2,1-3H3. The van der Waals surface area contributed by atoms with Gasteiger partial charge in [0, 0.05) is 4.47 Å². The van der Waals surface area contributed by atoms with Gasteiger partial charge in [-0.05, 0) is 86.7 Å². The van der Waals surface area contributed by atoms with Crippen molar-refractivity contribution in [3.05, 3.63) is 34.1 Å². The van der Waals surface area contributed by atoms with Crippen molar-refractivity contribution in [1.82, 2.24) is 5.32 Å². The highest BCUT2D eigenvalue weighted by atomic mass is 79.9. The first-order chi connectivity index (χ1) is 9.99. The summed E-state index contributed by atoms with van der Waals surface area (Å²) in [5.74, 6) is 2.81. The van der Waals surface area contributed by atoms with E-state index in [1.54, 1.807) is 6.07 Å². The maximum atomic E-state index is 13.6. The van der Waals surface area contributed by atoms with Crippen LogP contribution in [-0.2, 0) is 6.42 Å². The largest absolute Gasteiger partial charge is 0.319 e. The van der Waals surface area contributed by atoms with Crippen LogP contribution in [0, 0.1) is 29.5 Å². The molecular formula is C18H27BrFN. The summed E-state index contributed by atoms with van der Waals surface area (Å²) in [6, 6.07) is 5.30. The minimum atomic E-state index is -0.138. The molecule has 0 amide bonds. The molecule has 0 saturated heterocycles. The van der Waals surface area contributed by atoms with Crippen LogP contribution in [0.1, 0.15) is 38.7 Å². The minimum absolute atomic E-state index is 0.138. The summed E-state index contributed by atoms with van der Waals surface area (Å²) in [5, 5.41) is 3.34. The van der Waals surface area contributed by atoms with Crippen molar-refractivity contribution in [2.24, 2.45) is 23.7 Å². The van der Waals surface area contributed by atoms with Gasteiger partial charge in [-0.2, -0.15) is 0 Å². The Balaban J connectivity index is 2.11. The molecule has 1 aromatic rings. The van der Waals surface area contributed by atoms with Gasteiger partial charge in [0.25, 0.3) is 0 Å². The highest BCUT2D eigenvalue weighted by molar-refractivity contribution is 9.10. The molecule has 0 heterocycles. The van der Waals surface area contributed by atoms with Crippen LogP contribution in [0.5, 0.6) is 0 Å². The van der Waals surface area contributed by atoms with Crippen LogP contribution in [0.2, 0.25) is 0 Å². The van der Waals surface area contributed by atoms with Gasteiger partial charge >= 0.3 is 0 Å². The van der Waals surface area contributed by atoms with Gasteiger partial charge in [0.2, 0.25) is 0 Å². The van der Waals surface area contributed by atoms with Gasteiger partial charge in [-0.3, -0.25) is 0 Å². The minimum Gasteiger partial charge on any atom is -0.319 e. The van der Waals surface area contributed by atoms with Gasteiger partial charge in [-0.25, -0.2) is 4.39 Å². The summed E-state index contributed by atoms with van der Waals surface area (Å²) < 4.78 is 14.4. The smallest absolute Gasteiger partial charge is 0.124 e. The summed E-state index contributed by atoms with van der Waals surface area (Å²) in [6.07, 6.45) is 4.91. The van der Waals surface area contributed by atoms with E-state index in [1.807, 2.05) is 7.05 Å². The summed E-state index contributed by atoms with van der Waals surface area (Å²) in [4.78, 5) is 0. The average molecular weight is 356 g/mol. The summed E-state index contributed by atoms with van der Waals surface area (Å²) >= 11 is 3.41. The van der Waals surface area contributed by atoms with Crippen molar-refractivity contribution >= 4 is 15.9 Å². The van der Waals surface area contributed by atoms with E-state index in [9.17, 15) is 4.39 Å². The normalized spacial score (nSPS) is 26.3. The van der Waals surface area contributed by atoms with Crippen LogP contribution < -0.4 is 5.32 Å². The SMILES string of the molecule is CNCC1CCC(C(C)C)CC1Cc1cc(F)cc(Br)c1. The average Bonchev–Trinajstić information content (AvgIpc) is 2.39. The van der Waals surface area contributed by atoms with E-state index in [2.05, 4.69) is 41.2 Å². The lowest BCUT2D eigenvalue weighted by atomic mass is 9.68. The second kappa shape index (κ2) is 7.73. The molecule has 0 aliphatic heterocycles. The van der Waals surface area contributed by atoms with Crippen molar-refractivity contribution in [1.29, 1.82) is 0 Å². The molecule has 3 heteroatoms. The molecule has 0 aromatic heterocycles. The predicted octanol–water partition coefficient (Wildman–Crippen LogP) is 5.04. The lowest BCUT2D eigenvalue weighted by molar-refractivity contribution is 0.146. The zero-order valence-corrected chi connectivity index (χ0v) is 14.9. The van der Waals surface area contributed by atoms with Gasteiger partial charge < -0.3 is 5.32 Å². The number of rotatable bonds is 5. The van der Waals surface area contributed by atoms with Crippen molar-refractivity contribution in [3.63, 3.8) is 0 Å². The fraction of sp³-hybridized carbons (Fsp3) is 0.667. The number of hydrogen-bond acceptors (Lipinski definition) is 1. The summed E-state index contributed by atoms with van der Waals surface area (Å²) in [7, 11) is 2.03. The quantitative estimate of drug-likeness (QED) is 0.780. The molecule has 0 bridgehead atoms. The molecule has 2 rings (SSSR count). The molecule has 1 N–H and O–H groups in total. The number of hydrogen-bond donors (Lipinski definition) is 1. The lowest BCUT2D eigenvalue weighted by Crippen LogP contribution is -2.34. The third-order valence-electron chi connectivity index (χ3n) is 5.01. The topological polar surface area (TPSA) is 12.0 Å². The maximum Gasteiger partial charge on any atom is 0.124 e. The Labute approximate surface area is 136 Å². The molecule has 3 atom stereocenters. The summed E-state index contributed by atoms with van der Waals surface area (Å²) in [6.45, 7) is 5.74. The van der Waals surface area contributed by atoms with Crippen LogP contribution in [0.25, 0.3) is 0 Å². The maximum absolute atomic E-state index is 13.6. The van der Waals surface area contributed by atoms with E-state index in [-0.39, 0.29) is 5.82 Å². The van der Waals surface area contributed by atoms with Crippen LogP contribution >= 0.6 is 15.9 Å². The Morgan fingerprint density at radius 1 is 1.24 bits per heavy atom. The van der Waals surface area contributed by atoms with Crippen molar-refractivity contribution in [3.8, 4) is 0 Å². The Morgan fingerprint density at radius 3 is 2.62 bits per heavy atom. The number of nitrogens with one attached hydrogen (secondary N) is 1. The van der Waals surface area contributed by atoms with Crippen molar-refractivity contribution < 1.29 is 4.39 Å². The third kappa shape index (κ3) is 4.79. The second-order valence-corrected chi connectivity index (χ2v) is 7.79. The molecular weight excluding hydrogens is 329 g/mol. The van der Waals surface area contributed by atoms with Gasteiger partial charge in [0.05, 0.1) is 0 Å². The predicted molar refractivity (Wildman–Crippen MR) is 90.9 cm³/mol. The van der Waals surface area contributed by atoms with Gasteiger partial charge in [-0.15, -0.1) is 0 Å². The van der Waals surface area contributed by atoms with E-state index in [4.69, 9.17) is 0 Å². The fourth-order valence-corrected chi connectivity index (χ4v) is 4.29. The zero-order chi connectivity index (χ0) is 15.4. The van der Waals surface area contributed by atoms with E-state index >= 15 is 0 Å². The highest BCUT2D eigenvalue weighted by Gasteiger charge is 2.31. The van der Waals surface area contributed by atoms with E-state index in [0.29, 0.717) is 11.8 Å². The second-order valence-electron chi connectivity index (χ2n) is 6.88. The molecule has 1 aliphatic rings. The molecule has 3 unspecified atom stereocenters. The molecule has 1 fully saturated rings. The summed E-state index contributed by atoms with van der Waals surface area (Å²) in [5.41, 5.74) is 1.12. The number of halogens is 2. The van der Waals surface area contributed by atoms with Crippen molar-refractivity contribution in [2.75, 3.05) is 13.6 Å². The molecule has 0 spiro atoms. The van der Waals surface area contributed by atoms with Crippen LogP contribution in [0.3, 0.4) is 0 Å². The molecule has 1 aliphatic carbocycles. The van der Waals surface area contributed by atoms with E-state index < -0.39 is 0 Å². The Bertz CT molecular complexity index is 440. The first kappa shape index (κ1) is 17.0. The fourth-order valence-electron chi connectivity index (χ4n) is 3.78. The molecule has 21 heavy (non-hydrogen) atoms. The molecule has 1 saturated carbocycles. The van der Waals surface area contributed by atoms with E-state index in [0.717, 1.165) is 34.8 Å². The van der Waals surface area contributed by atoms with E-state index in [1.165, 1.54) is 25.3 Å². The monoisotopic (exact) mass is 355 g/mol. The Kier molecular flexibility index (Phi) is 6.24. The van der Waals surface area contributed by atoms with Gasteiger partial charge in [0.15, 0.2) is 0 Å². The molecule has 1 aromatic carbocycles. The molecule has 0 radical (unpaired) electrons. The lowest BCUT2D eigenvalue weighted by Gasteiger charge is -2.38. The number of benzene rings is 1. The van der Waals surface area contributed by atoms with Crippen LogP contribution in [-0.4, -0.2) is 13.6 Å². The van der Waals surface area contributed by atoms with Crippen LogP contribution in [0.4, 0.5) is 4.39 Å². The van der Waals surface area contributed by atoms with Gasteiger partial charge in [-0.1, -0.05) is 29.8 Å². The van der Waals surface area contributed by atoms with Gasteiger partial charge in [0.1, 0.15) is 5.82 Å². The molecule has 1 nitrogen and oxygen atoms in total. The zero-order valence-electron chi connectivity index (χ0n) is 13.3. The Morgan fingerprint density at radius 2 is 2.00 bits per heavy atom. The van der Waals surface area contributed by atoms with Crippen molar-refractivity contribution in [2.45, 2.75) is 39.5 Å². The highest BCUT2D eigenvalue weighted by Crippen LogP contribution is 2.39. The third-order valence-corrected chi connectivity index (χ3v) is 5.47. The first-order valence-electron chi connectivity index (χ1n) is 8.09. The molecule has 118 valence electrons. The first-order valence-corrected chi connectivity index (χ1v) is 8.88. The Hall–Kier alpha value is -0.410.